The van der Waals surface area contributed by atoms with E-state index < -0.39 is 26.8 Å². The molecule has 1 aromatic heterocycles. The molecule has 0 unspecified atom stereocenters. The average molecular weight is 370 g/mol. The van der Waals surface area contributed by atoms with E-state index in [1.54, 1.807) is 6.07 Å². The van der Waals surface area contributed by atoms with Crippen molar-refractivity contribution < 1.29 is 21.6 Å². The lowest BCUT2D eigenvalue weighted by Crippen LogP contribution is -2.13. The Morgan fingerprint density at radius 1 is 1.23 bits per heavy atom. The molecule has 0 radical (unpaired) electrons. The summed E-state index contributed by atoms with van der Waals surface area (Å²) in [7, 11) is -3.92. The molecule has 1 aromatic carbocycles. The highest BCUT2D eigenvalue weighted by atomic mass is 35.5. The fourth-order valence-corrected chi connectivity index (χ4v) is 4.27. The highest BCUT2D eigenvalue weighted by Crippen LogP contribution is 2.36. The van der Waals surface area contributed by atoms with Crippen molar-refractivity contribution in [2.75, 3.05) is 4.72 Å². The monoisotopic (exact) mass is 369 g/mol. The van der Waals surface area contributed by atoms with Crippen LogP contribution >= 0.6 is 22.9 Å². The van der Waals surface area contributed by atoms with Gasteiger partial charge in [0.25, 0.3) is 10.0 Å². The van der Waals surface area contributed by atoms with E-state index in [0.717, 1.165) is 22.3 Å². The lowest BCUT2D eigenvalue weighted by atomic mass is 10.2. The minimum Gasteiger partial charge on any atom is -0.279 e. The van der Waals surface area contributed by atoms with Crippen LogP contribution in [-0.4, -0.2) is 8.42 Å². The SMILES string of the molecule is CCc1ccc(S(=O)(=O)Nc2ccc(Cl)c(C(F)(F)F)c2)s1. The molecule has 2 aromatic rings. The summed E-state index contributed by atoms with van der Waals surface area (Å²) >= 11 is 6.57. The van der Waals surface area contributed by atoms with E-state index in [-0.39, 0.29) is 9.90 Å². The fraction of sp³-hybridized carbons (Fsp3) is 0.231. The molecule has 0 fully saturated rings. The lowest BCUT2D eigenvalue weighted by molar-refractivity contribution is -0.137. The third-order valence-electron chi connectivity index (χ3n) is 2.77. The van der Waals surface area contributed by atoms with Gasteiger partial charge in [-0.25, -0.2) is 8.42 Å². The van der Waals surface area contributed by atoms with Crippen LogP contribution in [0.3, 0.4) is 0 Å². The highest BCUT2D eigenvalue weighted by molar-refractivity contribution is 7.94. The van der Waals surface area contributed by atoms with Crippen molar-refractivity contribution >= 4 is 38.6 Å². The number of alkyl halides is 3. The van der Waals surface area contributed by atoms with E-state index in [2.05, 4.69) is 4.72 Å². The van der Waals surface area contributed by atoms with Gasteiger partial charge in [0.15, 0.2) is 0 Å². The van der Waals surface area contributed by atoms with Crippen LogP contribution in [0.15, 0.2) is 34.5 Å². The molecule has 3 nitrogen and oxygen atoms in total. The molecule has 1 N–H and O–H groups in total. The number of nitrogens with one attached hydrogen (secondary N) is 1. The molecule has 0 bridgehead atoms. The predicted molar refractivity (Wildman–Crippen MR) is 81.0 cm³/mol. The molecular formula is C13H11ClF3NO2S2. The first kappa shape index (κ1) is 17.1. The minimum atomic E-state index is -4.66. The van der Waals surface area contributed by atoms with E-state index in [1.807, 2.05) is 6.92 Å². The number of anilines is 1. The number of sulfonamides is 1. The van der Waals surface area contributed by atoms with Gasteiger partial charge < -0.3 is 0 Å². The largest absolute Gasteiger partial charge is 0.417 e. The second kappa shape index (κ2) is 6.10. The summed E-state index contributed by atoms with van der Waals surface area (Å²) in [5, 5.41) is -0.486. The van der Waals surface area contributed by atoms with Gasteiger partial charge in [-0.2, -0.15) is 13.2 Å². The van der Waals surface area contributed by atoms with Gasteiger partial charge >= 0.3 is 6.18 Å². The number of hydrogen-bond donors (Lipinski definition) is 1. The molecule has 1 heterocycles. The first-order valence-corrected chi connectivity index (χ1v) is 8.79. The summed E-state index contributed by atoms with van der Waals surface area (Å²) < 4.78 is 64.8. The average Bonchev–Trinajstić information content (AvgIpc) is 2.89. The molecule has 0 aliphatic rings. The van der Waals surface area contributed by atoms with Gasteiger partial charge in [0, 0.05) is 10.6 Å². The Balaban J connectivity index is 2.34. The predicted octanol–water partition coefficient (Wildman–Crippen LogP) is 4.78. The summed E-state index contributed by atoms with van der Waals surface area (Å²) in [6.07, 6.45) is -3.98. The Hall–Kier alpha value is -1.25. The summed E-state index contributed by atoms with van der Waals surface area (Å²) in [5.41, 5.74) is -1.28. The van der Waals surface area contributed by atoms with Crippen molar-refractivity contribution in [2.45, 2.75) is 23.7 Å². The Kier molecular flexibility index (Phi) is 4.74. The second-order valence-corrected chi connectivity index (χ2v) is 7.86. The topological polar surface area (TPSA) is 46.2 Å². The fourth-order valence-electron chi connectivity index (χ4n) is 1.70. The Labute approximate surface area is 134 Å². The molecule has 0 aliphatic carbocycles. The van der Waals surface area contributed by atoms with Crippen LogP contribution in [0.2, 0.25) is 5.02 Å². The molecule has 0 saturated heterocycles. The third kappa shape index (κ3) is 3.74. The van der Waals surface area contributed by atoms with Crippen LogP contribution in [-0.2, 0) is 22.6 Å². The Bertz CT molecular complexity index is 785. The quantitative estimate of drug-likeness (QED) is 0.842. The molecule has 2 rings (SSSR count). The third-order valence-corrected chi connectivity index (χ3v) is 6.21. The number of rotatable bonds is 4. The maximum atomic E-state index is 12.8. The summed E-state index contributed by atoms with van der Waals surface area (Å²) in [5.74, 6) is 0. The normalized spacial score (nSPS) is 12.4. The van der Waals surface area contributed by atoms with E-state index in [1.165, 1.54) is 12.1 Å². The number of benzene rings is 1. The van der Waals surface area contributed by atoms with Gasteiger partial charge in [0.2, 0.25) is 0 Å². The van der Waals surface area contributed by atoms with E-state index in [4.69, 9.17) is 11.6 Å². The van der Waals surface area contributed by atoms with Crippen LogP contribution in [0.4, 0.5) is 18.9 Å². The van der Waals surface area contributed by atoms with Gasteiger partial charge in [-0.05, 0) is 36.8 Å². The highest BCUT2D eigenvalue weighted by Gasteiger charge is 2.33. The maximum Gasteiger partial charge on any atom is 0.417 e. The van der Waals surface area contributed by atoms with Crippen molar-refractivity contribution in [1.82, 2.24) is 0 Å². The van der Waals surface area contributed by atoms with E-state index in [9.17, 15) is 21.6 Å². The molecule has 0 aliphatic heterocycles. The van der Waals surface area contributed by atoms with Crippen molar-refractivity contribution in [3.63, 3.8) is 0 Å². The van der Waals surface area contributed by atoms with Crippen LogP contribution < -0.4 is 4.72 Å². The zero-order chi connectivity index (χ0) is 16.5. The van der Waals surface area contributed by atoms with Crippen molar-refractivity contribution in [3.8, 4) is 0 Å². The van der Waals surface area contributed by atoms with Gasteiger partial charge in [0.05, 0.1) is 10.6 Å². The van der Waals surface area contributed by atoms with Crippen LogP contribution in [0.1, 0.15) is 17.4 Å². The number of thiophene rings is 1. The number of aryl methyl sites for hydroxylation is 1. The molecule has 0 atom stereocenters. The van der Waals surface area contributed by atoms with Crippen LogP contribution in [0, 0.1) is 0 Å². The first-order valence-electron chi connectivity index (χ1n) is 6.12. The summed E-state index contributed by atoms with van der Waals surface area (Å²) in [6, 6.07) is 5.96. The van der Waals surface area contributed by atoms with Gasteiger partial charge in [-0.1, -0.05) is 18.5 Å². The standard InChI is InChI=1S/C13H11ClF3NO2S2/c1-2-9-4-6-12(21-9)22(19,20)18-8-3-5-11(14)10(7-8)13(15,16)17/h3-7,18H,2H2,1H3. The molecule has 0 amide bonds. The molecule has 0 saturated carbocycles. The zero-order valence-electron chi connectivity index (χ0n) is 11.2. The zero-order valence-corrected chi connectivity index (χ0v) is 13.6. The van der Waals surface area contributed by atoms with Gasteiger partial charge in [-0.3, -0.25) is 4.72 Å². The van der Waals surface area contributed by atoms with Crippen molar-refractivity contribution in [1.29, 1.82) is 0 Å². The van der Waals surface area contributed by atoms with Crippen molar-refractivity contribution in [3.05, 3.63) is 45.8 Å². The number of halogens is 4. The van der Waals surface area contributed by atoms with E-state index >= 15 is 0 Å². The maximum absolute atomic E-state index is 12.8. The summed E-state index contributed by atoms with van der Waals surface area (Å²) in [6.45, 7) is 1.88. The molecule has 9 heteroatoms. The molecule has 120 valence electrons. The Morgan fingerprint density at radius 2 is 1.91 bits per heavy atom. The molecule has 22 heavy (non-hydrogen) atoms. The lowest BCUT2D eigenvalue weighted by Gasteiger charge is -2.12. The first-order chi connectivity index (χ1) is 10.1. The smallest absolute Gasteiger partial charge is 0.279 e. The van der Waals surface area contributed by atoms with Gasteiger partial charge in [0.1, 0.15) is 4.21 Å². The second-order valence-electron chi connectivity index (χ2n) is 4.37. The van der Waals surface area contributed by atoms with E-state index in [0.29, 0.717) is 12.5 Å². The summed E-state index contributed by atoms with van der Waals surface area (Å²) in [4.78, 5) is 0.868. The van der Waals surface area contributed by atoms with Crippen LogP contribution in [0.25, 0.3) is 0 Å². The molecule has 0 spiro atoms. The molecular weight excluding hydrogens is 359 g/mol. The Morgan fingerprint density at radius 3 is 2.45 bits per heavy atom. The van der Waals surface area contributed by atoms with Gasteiger partial charge in [-0.15, -0.1) is 11.3 Å². The minimum absolute atomic E-state index is 0.0489. The number of hydrogen-bond acceptors (Lipinski definition) is 3. The van der Waals surface area contributed by atoms with Crippen LogP contribution in [0.5, 0.6) is 0 Å². The van der Waals surface area contributed by atoms with Crippen molar-refractivity contribution in [2.24, 2.45) is 0 Å².